The van der Waals surface area contributed by atoms with Gasteiger partial charge in [-0.15, -0.1) is 0 Å². The Balaban J connectivity index is 2.55. The average Bonchev–Trinajstić information content (AvgIpc) is 2.36. The molecule has 0 bridgehead atoms. The lowest BCUT2D eigenvalue weighted by Gasteiger charge is -2.38. The number of nitrogens with one attached hydrogen (secondary N) is 1. The molecule has 2 atom stereocenters. The SMILES string of the molecule is CCC(C)C1C(=O)Nc2ccc(F)cc2N1C(N)=O. The predicted molar refractivity (Wildman–Crippen MR) is 70.3 cm³/mol. The molecule has 3 amide bonds. The van der Waals surface area contributed by atoms with Crippen LogP contribution in [-0.2, 0) is 4.79 Å². The number of nitrogens with two attached hydrogens (primary N) is 1. The number of benzene rings is 1. The summed E-state index contributed by atoms with van der Waals surface area (Å²) in [6.07, 6.45) is 0.701. The second kappa shape index (κ2) is 4.87. The number of fused-ring (bicyclic) bond motifs is 1. The summed E-state index contributed by atoms with van der Waals surface area (Å²) in [5.41, 5.74) is 6.06. The Morgan fingerprint density at radius 1 is 1.58 bits per heavy atom. The molecule has 1 aromatic carbocycles. The van der Waals surface area contributed by atoms with Crippen LogP contribution in [0.4, 0.5) is 20.6 Å². The molecule has 19 heavy (non-hydrogen) atoms. The van der Waals surface area contributed by atoms with Gasteiger partial charge in [0.05, 0.1) is 11.4 Å². The van der Waals surface area contributed by atoms with Gasteiger partial charge in [0, 0.05) is 0 Å². The van der Waals surface area contributed by atoms with Crippen molar-refractivity contribution in [3.8, 4) is 0 Å². The quantitative estimate of drug-likeness (QED) is 0.859. The minimum absolute atomic E-state index is 0.0797. The van der Waals surface area contributed by atoms with Crippen LogP contribution in [0, 0.1) is 11.7 Å². The fourth-order valence-corrected chi connectivity index (χ4v) is 2.28. The highest BCUT2D eigenvalue weighted by Gasteiger charge is 2.38. The molecule has 1 aromatic rings. The highest BCUT2D eigenvalue weighted by molar-refractivity contribution is 6.11. The van der Waals surface area contributed by atoms with E-state index in [4.69, 9.17) is 5.73 Å². The first-order valence-electron chi connectivity index (χ1n) is 6.14. The summed E-state index contributed by atoms with van der Waals surface area (Å²) < 4.78 is 13.3. The van der Waals surface area contributed by atoms with E-state index in [9.17, 15) is 14.0 Å². The lowest BCUT2D eigenvalue weighted by Crippen LogP contribution is -2.55. The second-order valence-corrected chi connectivity index (χ2v) is 4.69. The smallest absolute Gasteiger partial charge is 0.320 e. The fourth-order valence-electron chi connectivity index (χ4n) is 2.28. The van der Waals surface area contributed by atoms with Crippen molar-refractivity contribution in [3.63, 3.8) is 0 Å². The van der Waals surface area contributed by atoms with Gasteiger partial charge in [0.15, 0.2) is 0 Å². The molecule has 0 spiro atoms. The maximum absolute atomic E-state index is 13.3. The van der Waals surface area contributed by atoms with Gasteiger partial charge < -0.3 is 11.1 Å². The molecule has 1 aliphatic heterocycles. The second-order valence-electron chi connectivity index (χ2n) is 4.69. The minimum atomic E-state index is -0.757. The number of hydrogen-bond donors (Lipinski definition) is 2. The van der Waals surface area contributed by atoms with E-state index in [0.717, 1.165) is 0 Å². The van der Waals surface area contributed by atoms with Crippen LogP contribution in [0.25, 0.3) is 0 Å². The molecule has 0 saturated heterocycles. The van der Waals surface area contributed by atoms with Gasteiger partial charge in [0.1, 0.15) is 11.9 Å². The van der Waals surface area contributed by atoms with E-state index in [1.807, 2.05) is 13.8 Å². The lowest BCUT2D eigenvalue weighted by atomic mass is 9.94. The average molecular weight is 265 g/mol. The molecule has 2 rings (SSSR count). The van der Waals surface area contributed by atoms with Crippen LogP contribution < -0.4 is 16.0 Å². The summed E-state index contributed by atoms with van der Waals surface area (Å²) in [6.45, 7) is 3.77. The van der Waals surface area contributed by atoms with Gasteiger partial charge in [0.25, 0.3) is 0 Å². The normalized spacial score (nSPS) is 19.6. The molecule has 0 saturated carbocycles. The van der Waals surface area contributed by atoms with Crippen molar-refractivity contribution in [1.82, 2.24) is 0 Å². The Hall–Kier alpha value is -2.11. The summed E-state index contributed by atoms with van der Waals surface area (Å²) >= 11 is 0. The number of carbonyl (C=O) groups is 2. The molecule has 1 aliphatic rings. The number of primary amides is 1. The molecule has 5 nitrogen and oxygen atoms in total. The molecule has 0 radical (unpaired) electrons. The standard InChI is InChI=1S/C13H16FN3O2/c1-3-7(2)11-12(18)16-9-5-4-8(14)6-10(9)17(11)13(15)19/h4-7,11H,3H2,1-2H3,(H2,15,19)(H,16,18). The minimum Gasteiger partial charge on any atom is -0.351 e. The Labute approximate surface area is 110 Å². The molecular weight excluding hydrogens is 249 g/mol. The van der Waals surface area contributed by atoms with Crippen molar-refractivity contribution in [2.24, 2.45) is 11.7 Å². The third-order valence-electron chi connectivity index (χ3n) is 3.44. The Bertz CT molecular complexity index is 533. The largest absolute Gasteiger partial charge is 0.351 e. The van der Waals surface area contributed by atoms with Crippen molar-refractivity contribution in [3.05, 3.63) is 24.0 Å². The first kappa shape index (κ1) is 13.3. The van der Waals surface area contributed by atoms with Crippen molar-refractivity contribution >= 4 is 23.3 Å². The first-order chi connectivity index (χ1) is 8.95. The summed E-state index contributed by atoms with van der Waals surface area (Å²) in [7, 11) is 0. The van der Waals surface area contributed by atoms with Crippen LogP contribution in [-0.4, -0.2) is 18.0 Å². The Morgan fingerprint density at radius 2 is 2.26 bits per heavy atom. The molecule has 6 heteroatoms. The van der Waals surface area contributed by atoms with E-state index in [-0.39, 0.29) is 11.8 Å². The molecule has 3 N–H and O–H groups in total. The maximum atomic E-state index is 13.3. The van der Waals surface area contributed by atoms with Crippen LogP contribution in [0.1, 0.15) is 20.3 Å². The molecule has 0 aromatic heterocycles. The third-order valence-corrected chi connectivity index (χ3v) is 3.44. The van der Waals surface area contributed by atoms with Gasteiger partial charge in [-0.3, -0.25) is 9.69 Å². The summed E-state index contributed by atoms with van der Waals surface area (Å²) in [5, 5.41) is 2.68. The van der Waals surface area contributed by atoms with Gasteiger partial charge in [0.2, 0.25) is 5.91 Å². The number of hydrogen-bond acceptors (Lipinski definition) is 2. The first-order valence-corrected chi connectivity index (χ1v) is 6.14. The van der Waals surface area contributed by atoms with Gasteiger partial charge in [-0.1, -0.05) is 20.3 Å². The van der Waals surface area contributed by atoms with E-state index < -0.39 is 17.9 Å². The summed E-state index contributed by atoms with van der Waals surface area (Å²) in [6, 6.07) is 2.38. The number of carbonyl (C=O) groups excluding carboxylic acids is 2. The molecule has 0 aliphatic carbocycles. The van der Waals surface area contributed by atoms with E-state index in [2.05, 4.69) is 5.32 Å². The molecule has 1 heterocycles. The number of amides is 3. The van der Waals surface area contributed by atoms with Crippen LogP contribution >= 0.6 is 0 Å². The van der Waals surface area contributed by atoms with Gasteiger partial charge in [-0.25, -0.2) is 9.18 Å². The predicted octanol–water partition coefficient (Wildman–Crippen LogP) is 2.08. The van der Waals surface area contributed by atoms with Gasteiger partial charge in [-0.05, 0) is 24.1 Å². The zero-order chi connectivity index (χ0) is 14.2. The highest BCUT2D eigenvalue weighted by atomic mass is 19.1. The molecular formula is C13H16FN3O2. The number of anilines is 2. The van der Waals surface area contributed by atoms with Crippen molar-refractivity contribution in [2.75, 3.05) is 10.2 Å². The van der Waals surface area contributed by atoms with Gasteiger partial charge in [-0.2, -0.15) is 0 Å². The Morgan fingerprint density at radius 3 is 2.84 bits per heavy atom. The van der Waals surface area contributed by atoms with Gasteiger partial charge >= 0.3 is 6.03 Å². The topological polar surface area (TPSA) is 75.4 Å². The lowest BCUT2D eigenvalue weighted by molar-refractivity contribution is -0.118. The number of urea groups is 1. The third kappa shape index (κ3) is 2.25. The van der Waals surface area contributed by atoms with Crippen LogP contribution in [0.3, 0.4) is 0 Å². The number of halogens is 1. The van der Waals surface area contributed by atoms with Crippen molar-refractivity contribution in [2.45, 2.75) is 26.3 Å². The van der Waals surface area contributed by atoms with Crippen LogP contribution in [0.15, 0.2) is 18.2 Å². The zero-order valence-corrected chi connectivity index (χ0v) is 10.8. The Kier molecular flexibility index (Phi) is 3.42. The van der Waals surface area contributed by atoms with E-state index >= 15 is 0 Å². The summed E-state index contributed by atoms with van der Waals surface area (Å²) in [4.78, 5) is 24.9. The highest BCUT2D eigenvalue weighted by Crippen LogP contribution is 2.35. The van der Waals surface area contributed by atoms with E-state index in [1.165, 1.54) is 23.1 Å². The number of nitrogens with zero attached hydrogens (tertiary/aromatic N) is 1. The van der Waals surface area contributed by atoms with Crippen LogP contribution in [0.2, 0.25) is 0 Å². The van der Waals surface area contributed by atoms with Crippen LogP contribution in [0.5, 0.6) is 0 Å². The van der Waals surface area contributed by atoms with Crippen molar-refractivity contribution < 1.29 is 14.0 Å². The molecule has 2 unspecified atom stereocenters. The fraction of sp³-hybridized carbons (Fsp3) is 0.385. The summed E-state index contributed by atoms with van der Waals surface area (Å²) in [5.74, 6) is -0.861. The van der Waals surface area contributed by atoms with E-state index in [0.29, 0.717) is 17.8 Å². The molecule has 102 valence electrons. The van der Waals surface area contributed by atoms with E-state index in [1.54, 1.807) is 0 Å². The van der Waals surface area contributed by atoms with Crippen molar-refractivity contribution in [1.29, 1.82) is 0 Å². The molecule has 0 fully saturated rings. The number of rotatable bonds is 2. The monoisotopic (exact) mass is 265 g/mol. The maximum Gasteiger partial charge on any atom is 0.320 e. The zero-order valence-electron chi connectivity index (χ0n) is 10.8.